The highest BCUT2D eigenvalue weighted by molar-refractivity contribution is 7.91. The number of hydrogen-bond acceptors (Lipinski definition) is 6. The van der Waals surface area contributed by atoms with Crippen molar-refractivity contribution in [3.8, 4) is 5.88 Å². The van der Waals surface area contributed by atoms with Crippen molar-refractivity contribution in [2.45, 2.75) is 51.0 Å². The van der Waals surface area contributed by atoms with E-state index in [0.29, 0.717) is 28.6 Å². The fourth-order valence-corrected chi connectivity index (χ4v) is 3.49. The van der Waals surface area contributed by atoms with Crippen LogP contribution in [-0.2, 0) is 15.4 Å². The molecule has 0 saturated heterocycles. The Morgan fingerprint density at radius 1 is 1.30 bits per heavy atom. The van der Waals surface area contributed by atoms with Gasteiger partial charge in [0.15, 0.2) is 0 Å². The van der Waals surface area contributed by atoms with Gasteiger partial charge in [0, 0.05) is 30.0 Å². The Bertz CT molecular complexity index is 1000. The number of ether oxygens (including phenoxy) is 1. The Labute approximate surface area is 163 Å². The number of azide groups is 1. The van der Waals surface area contributed by atoms with Crippen LogP contribution in [0, 0.1) is 0 Å². The van der Waals surface area contributed by atoms with Crippen molar-refractivity contribution in [3.63, 3.8) is 0 Å². The number of fused-ring (bicyclic) bond motifs is 1. The predicted molar refractivity (Wildman–Crippen MR) is 106 cm³/mol. The highest BCUT2D eigenvalue weighted by Gasteiger charge is 2.25. The summed E-state index contributed by atoms with van der Waals surface area (Å²) in [5, 5.41) is 4.91. The minimum Gasteiger partial charge on any atom is -0.474 e. The molecule has 0 unspecified atom stereocenters. The predicted octanol–water partition coefficient (Wildman–Crippen LogP) is 4.42. The summed E-state index contributed by atoms with van der Waals surface area (Å²) in [6.07, 6.45) is 4.28. The van der Waals surface area contributed by atoms with E-state index in [1.165, 1.54) is 6.26 Å². The second kappa shape index (κ2) is 7.88. The van der Waals surface area contributed by atoms with Crippen LogP contribution in [0.5, 0.6) is 5.88 Å². The minimum absolute atomic E-state index is 0.288. The Kier molecular flexibility index (Phi) is 6.19. The molecule has 2 aromatic heterocycles. The fraction of sp³-hybridized carbons (Fsp3) is 0.529. The lowest BCUT2D eigenvalue weighted by molar-refractivity contribution is 0.205. The lowest BCUT2D eigenvalue weighted by Crippen LogP contribution is -2.25. The number of hydrogen-bond donors (Lipinski definition) is 0. The zero-order valence-corrected chi connectivity index (χ0v) is 17.4. The van der Waals surface area contributed by atoms with E-state index in [-0.39, 0.29) is 11.3 Å². The van der Waals surface area contributed by atoms with E-state index < -0.39 is 20.6 Å². The second-order valence-electron chi connectivity index (χ2n) is 7.08. The first kappa shape index (κ1) is 21.2. The van der Waals surface area contributed by atoms with E-state index in [1.54, 1.807) is 46.2 Å². The summed E-state index contributed by atoms with van der Waals surface area (Å²) in [6, 6.07) is 1.67. The Balaban J connectivity index is 2.47. The van der Waals surface area contributed by atoms with E-state index >= 15 is 0 Å². The van der Waals surface area contributed by atoms with Gasteiger partial charge in [-0.3, -0.25) is 0 Å². The molecule has 27 heavy (non-hydrogen) atoms. The zero-order valence-electron chi connectivity index (χ0n) is 15.8. The molecule has 2 rings (SSSR count). The summed E-state index contributed by atoms with van der Waals surface area (Å²) in [5.74, 6) is 0.322. The van der Waals surface area contributed by atoms with E-state index in [1.807, 2.05) is 0 Å². The number of halogens is 1. The Morgan fingerprint density at radius 3 is 2.56 bits per heavy atom. The third-order valence-electron chi connectivity index (χ3n) is 4.36. The van der Waals surface area contributed by atoms with Crippen LogP contribution in [0.25, 0.3) is 21.2 Å². The third kappa shape index (κ3) is 5.00. The van der Waals surface area contributed by atoms with Crippen LogP contribution in [0.4, 0.5) is 0 Å². The standard InChI is InChI=1S/C17H22ClN5O3S/c1-10(6-11(2)27(5,24)25)26-16-13-8-20-15(18)7-12(13)14(9-21-16)17(3,4)22-23-19/h7-11H,6H2,1-5H3/t10-,11-/m1/s1. The minimum atomic E-state index is -3.15. The van der Waals surface area contributed by atoms with E-state index in [9.17, 15) is 8.42 Å². The summed E-state index contributed by atoms with van der Waals surface area (Å²) in [6.45, 7) is 6.98. The summed E-state index contributed by atoms with van der Waals surface area (Å²) in [4.78, 5) is 11.3. The molecule has 0 aliphatic rings. The molecule has 0 N–H and O–H groups in total. The molecule has 0 saturated carbocycles. The molecule has 0 radical (unpaired) electrons. The van der Waals surface area contributed by atoms with Gasteiger partial charge in [0.2, 0.25) is 5.88 Å². The van der Waals surface area contributed by atoms with Crippen molar-refractivity contribution in [3.05, 3.63) is 39.6 Å². The van der Waals surface area contributed by atoms with Gasteiger partial charge in [-0.15, -0.1) is 0 Å². The van der Waals surface area contributed by atoms with Crippen LogP contribution in [0.1, 0.15) is 39.7 Å². The highest BCUT2D eigenvalue weighted by atomic mass is 35.5. The maximum absolute atomic E-state index is 11.7. The van der Waals surface area contributed by atoms with Crippen LogP contribution in [-0.4, -0.2) is 36.0 Å². The average Bonchev–Trinajstić information content (AvgIpc) is 2.53. The molecule has 2 atom stereocenters. The van der Waals surface area contributed by atoms with Gasteiger partial charge in [0.1, 0.15) is 15.0 Å². The van der Waals surface area contributed by atoms with E-state index in [0.717, 1.165) is 0 Å². The topological polar surface area (TPSA) is 118 Å². The molecule has 2 aromatic rings. The molecule has 0 spiro atoms. The number of nitrogens with zero attached hydrogens (tertiary/aromatic N) is 5. The van der Waals surface area contributed by atoms with Crippen LogP contribution in [0.2, 0.25) is 5.15 Å². The van der Waals surface area contributed by atoms with Gasteiger partial charge < -0.3 is 4.74 Å². The molecule has 8 nitrogen and oxygen atoms in total. The van der Waals surface area contributed by atoms with Crippen molar-refractivity contribution >= 4 is 32.2 Å². The van der Waals surface area contributed by atoms with Crippen LogP contribution >= 0.6 is 11.6 Å². The Morgan fingerprint density at radius 2 is 1.96 bits per heavy atom. The number of pyridine rings is 2. The normalized spacial score (nSPS) is 14.4. The molecule has 0 aromatic carbocycles. The molecular weight excluding hydrogens is 390 g/mol. The number of aromatic nitrogens is 2. The quantitative estimate of drug-likeness (QED) is 0.289. The van der Waals surface area contributed by atoms with Crippen LogP contribution in [0.15, 0.2) is 23.6 Å². The lowest BCUT2D eigenvalue weighted by atomic mass is 9.93. The van der Waals surface area contributed by atoms with Gasteiger partial charge in [-0.05, 0) is 36.4 Å². The third-order valence-corrected chi connectivity index (χ3v) is 6.22. The van der Waals surface area contributed by atoms with Gasteiger partial charge in [0.25, 0.3) is 0 Å². The molecule has 146 valence electrons. The van der Waals surface area contributed by atoms with E-state index in [2.05, 4.69) is 20.0 Å². The highest BCUT2D eigenvalue weighted by Crippen LogP contribution is 2.35. The molecular formula is C17H22ClN5O3S. The lowest BCUT2D eigenvalue weighted by Gasteiger charge is -2.23. The molecule has 0 bridgehead atoms. The first-order valence-corrected chi connectivity index (χ1v) is 10.7. The second-order valence-corrected chi connectivity index (χ2v) is 9.93. The SMILES string of the molecule is C[C@H](C[C@@H](C)S(C)(=O)=O)Oc1ncc(C(C)(C)N=[N+]=[N-])c2cc(Cl)ncc12. The maximum Gasteiger partial charge on any atom is 0.223 e. The molecule has 0 aliphatic carbocycles. The number of sulfone groups is 1. The summed E-state index contributed by atoms with van der Waals surface area (Å²) < 4.78 is 29.2. The van der Waals surface area contributed by atoms with Gasteiger partial charge in [-0.2, -0.15) is 0 Å². The van der Waals surface area contributed by atoms with E-state index in [4.69, 9.17) is 21.9 Å². The van der Waals surface area contributed by atoms with Gasteiger partial charge >= 0.3 is 0 Å². The maximum atomic E-state index is 11.7. The molecule has 2 heterocycles. The fourth-order valence-electron chi connectivity index (χ4n) is 2.71. The van der Waals surface area contributed by atoms with Gasteiger partial charge in [-0.25, -0.2) is 18.4 Å². The van der Waals surface area contributed by atoms with Crippen molar-refractivity contribution in [1.82, 2.24) is 9.97 Å². The summed E-state index contributed by atoms with van der Waals surface area (Å²) in [5.41, 5.74) is 8.68. The van der Waals surface area contributed by atoms with Crippen molar-refractivity contribution in [2.75, 3.05) is 6.26 Å². The first-order valence-electron chi connectivity index (χ1n) is 8.32. The average molecular weight is 412 g/mol. The van der Waals surface area contributed by atoms with Crippen LogP contribution in [0.3, 0.4) is 0 Å². The first-order chi connectivity index (χ1) is 12.5. The van der Waals surface area contributed by atoms with Gasteiger partial charge in [0.05, 0.1) is 22.3 Å². The van der Waals surface area contributed by atoms with Crippen molar-refractivity contribution in [2.24, 2.45) is 5.11 Å². The monoisotopic (exact) mass is 411 g/mol. The van der Waals surface area contributed by atoms with Crippen LogP contribution < -0.4 is 4.74 Å². The van der Waals surface area contributed by atoms with Crippen molar-refractivity contribution < 1.29 is 13.2 Å². The summed E-state index contributed by atoms with van der Waals surface area (Å²) in [7, 11) is -3.15. The molecule has 0 fully saturated rings. The smallest absolute Gasteiger partial charge is 0.223 e. The zero-order chi connectivity index (χ0) is 20.4. The molecule has 0 aliphatic heterocycles. The Hall–Kier alpha value is -2.09. The molecule has 10 heteroatoms. The van der Waals surface area contributed by atoms with Gasteiger partial charge in [-0.1, -0.05) is 30.6 Å². The molecule has 0 amide bonds. The van der Waals surface area contributed by atoms with Crippen molar-refractivity contribution in [1.29, 1.82) is 0 Å². The summed E-state index contributed by atoms with van der Waals surface area (Å²) >= 11 is 6.05. The largest absolute Gasteiger partial charge is 0.474 e. The number of rotatable bonds is 7.